The standard InChI is InChI=1S/C23H29N7O4S/c1-14(31)28-17-9-8-15-5-2-3-7-18(15)30(22(17)34)13-19(32)29-16(6-4-10-27-23(24)25)20(33)21-26-11-12-35-21/h2-3,5,7,11-12,16-17H,4,6,8-10,13H2,1H3,(H,28,31)(H,29,32)(H4,24,25,27)/t16-,17?/m0/s1. The lowest BCUT2D eigenvalue weighted by Gasteiger charge is -2.26. The van der Waals surface area contributed by atoms with Crippen molar-refractivity contribution in [3.63, 3.8) is 0 Å². The van der Waals surface area contributed by atoms with E-state index in [1.807, 2.05) is 12.1 Å². The number of nitrogens with two attached hydrogens (primary N) is 2. The molecule has 0 aliphatic carbocycles. The molecule has 0 spiro atoms. The Kier molecular flexibility index (Phi) is 8.90. The number of rotatable bonds is 10. The van der Waals surface area contributed by atoms with Gasteiger partial charge in [0.2, 0.25) is 23.5 Å². The van der Waals surface area contributed by atoms with Crippen LogP contribution in [0.1, 0.15) is 41.6 Å². The summed E-state index contributed by atoms with van der Waals surface area (Å²) in [5.41, 5.74) is 12.2. The number of ketones is 1. The molecule has 0 saturated carbocycles. The number of carbonyl (C=O) groups is 4. The van der Waals surface area contributed by atoms with Crippen LogP contribution in [-0.2, 0) is 20.8 Å². The minimum Gasteiger partial charge on any atom is -0.370 e. The number of hydrogen-bond donors (Lipinski definition) is 4. The average molecular weight is 500 g/mol. The summed E-state index contributed by atoms with van der Waals surface area (Å²) in [7, 11) is 0. The summed E-state index contributed by atoms with van der Waals surface area (Å²) in [6.07, 6.45) is 3.26. The highest BCUT2D eigenvalue weighted by Crippen LogP contribution is 2.27. The molecule has 0 saturated heterocycles. The molecule has 6 N–H and O–H groups in total. The summed E-state index contributed by atoms with van der Waals surface area (Å²) in [6.45, 7) is 1.34. The molecule has 2 atom stereocenters. The third-order valence-electron chi connectivity index (χ3n) is 5.47. The number of benzene rings is 1. The minimum absolute atomic E-state index is 0.0519. The molecule has 0 bridgehead atoms. The number of nitrogens with zero attached hydrogens (tertiary/aromatic N) is 3. The van der Waals surface area contributed by atoms with Crippen molar-refractivity contribution in [1.29, 1.82) is 0 Å². The number of aryl methyl sites for hydroxylation is 1. The van der Waals surface area contributed by atoms with Gasteiger partial charge in [-0.25, -0.2) is 4.98 Å². The normalized spacial score (nSPS) is 16.0. The fraction of sp³-hybridized carbons (Fsp3) is 0.391. The maximum Gasteiger partial charge on any atom is 0.250 e. The third kappa shape index (κ3) is 7.09. The van der Waals surface area contributed by atoms with Gasteiger partial charge >= 0.3 is 0 Å². The molecular formula is C23H29N7O4S. The Balaban J connectivity index is 1.78. The Bertz CT molecular complexity index is 1100. The number of hydrogen-bond acceptors (Lipinski definition) is 7. The summed E-state index contributed by atoms with van der Waals surface area (Å²) in [5.74, 6) is -1.58. The van der Waals surface area contributed by atoms with Crippen LogP contribution in [0.25, 0.3) is 0 Å². The second-order valence-corrected chi connectivity index (χ2v) is 9.01. The number of fused-ring (bicyclic) bond motifs is 1. The fourth-order valence-corrected chi connectivity index (χ4v) is 4.54. The largest absolute Gasteiger partial charge is 0.370 e. The lowest BCUT2D eigenvalue weighted by Crippen LogP contribution is -2.52. The van der Waals surface area contributed by atoms with Crippen LogP contribution in [0.3, 0.4) is 0 Å². The molecule has 1 aromatic carbocycles. The second kappa shape index (κ2) is 12.1. The van der Waals surface area contributed by atoms with E-state index in [4.69, 9.17) is 11.5 Å². The molecule has 35 heavy (non-hydrogen) atoms. The number of nitrogens with one attached hydrogen (secondary N) is 2. The van der Waals surface area contributed by atoms with Crippen molar-refractivity contribution in [2.75, 3.05) is 18.0 Å². The molecular weight excluding hydrogens is 470 g/mol. The fourth-order valence-electron chi connectivity index (χ4n) is 3.91. The van der Waals surface area contributed by atoms with Crippen LogP contribution in [0.2, 0.25) is 0 Å². The molecule has 0 fully saturated rings. The highest BCUT2D eigenvalue weighted by atomic mass is 32.1. The number of guanidine groups is 1. The SMILES string of the molecule is CC(=O)NC1CCc2ccccc2N(CC(=O)N[C@@H](CCCN=C(N)N)C(=O)c2nccs2)C1=O. The van der Waals surface area contributed by atoms with E-state index in [1.54, 1.807) is 17.5 Å². The molecule has 0 radical (unpaired) electrons. The molecule has 186 valence electrons. The average Bonchev–Trinajstić information content (AvgIpc) is 3.32. The molecule has 1 aromatic heterocycles. The lowest BCUT2D eigenvalue weighted by molar-refractivity contribution is -0.127. The first kappa shape index (κ1) is 25.8. The predicted octanol–water partition coefficient (Wildman–Crippen LogP) is 0.348. The van der Waals surface area contributed by atoms with E-state index in [-0.39, 0.29) is 35.1 Å². The number of amides is 3. The Morgan fingerprint density at radius 2 is 2.06 bits per heavy atom. The number of aromatic nitrogens is 1. The van der Waals surface area contributed by atoms with Gasteiger partial charge in [0.05, 0.1) is 6.04 Å². The van der Waals surface area contributed by atoms with Crippen molar-refractivity contribution in [3.05, 3.63) is 46.4 Å². The molecule has 3 amide bonds. The maximum atomic E-state index is 13.3. The lowest BCUT2D eigenvalue weighted by atomic mass is 10.1. The second-order valence-electron chi connectivity index (χ2n) is 8.12. The highest BCUT2D eigenvalue weighted by molar-refractivity contribution is 7.11. The zero-order valence-electron chi connectivity index (χ0n) is 19.4. The number of Topliss-reactive ketones (excluding diaryl/α,β-unsaturated/α-hetero) is 1. The molecule has 12 heteroatoms. The highest BCUT2D eigenvalue weighted by Gasteiger charge is 2.33. The van der Waals surface area contributed by atoms with Gasteiger partial charge in [0.1, 0.15) is 12.6 Å². The van der Waals surface area contributed by atoms with Crippen LogP contribution in [0.4, 0.5) is 5.69 Å². The van der Waals surface area contributed by atoms with Crippen LogP contribution in [-0.4, -0.2) is 59.6 Å². The smallest absolute Gasteiger partial charge is 0.250 e. The summed E-state index contributed by atoms with van der Waals surface area (Å²) >= 11 is 1.18. The molecule has 1 aliphatic heterocycles. The molecule has 1 unspecified atom stereocenters. The van der Waals surface area contributed by atoms with Crippen molar-refractivity contribution in [3.8, 4) is 0 Å². The van der Waals surface area contributed by atoms with Gasteiger partial charge in [0, 0.05) is 30.7 Å². The van der Waals surface area contributed by atoms with E-state index in [0.29, 0.717) is 37.9 Å². The van der Waals surface area contributed by atoms with E-state index in [0.717, 1.165) is 5.56 Å². The number of thiazole rings is 1. The molecule has 1 aliphatic rings. The van der Waals surface area contributed by atoms with Crippen LogP contribution in [0.5, 0.6) is 0 Å². The molecule has 11 nitrogen and oxygen atoms in total. The number of anilines is 1. The van der Waals surface area contributed by atoms with Gasteiger partial charge in [0.25, 0.3) is 0 Å². The maximum absolute atomic E-state index is 13.3. The van der Waals surface area contributed by atoms with Crippen molar-refractivity contribution in [2.24, 2.45) is 16.5 Å². The third-order valence-corrected chi connectivity index (χ3v) is 6.26. The summed E-state index contributed by atoms with van der Waals surface area (Å²) in [5, 5.41) is 7.39. The Morgan fingerprint density at radius 3 is 2.74 bits per heavy atom. The van der Waals surface area contributed by atoms with Gasteiger partial charge in [-0.2, -0.15) is 0 Å². The Labute approximate surface area is 207 Å². The summed E-state index contributed by atoms with van der Waals surface area (Å²) in [6, 6.07) is 5.70. The van der Waals surface area contributed by atoms with E-state index >= 15 is 0 Å². The quantitative estimate of drug-likeness (QED) is 0.158. The Hall–Kier alpha value is -3.80. The number of carbonyl (C=O) groups excluding carboxylic acids is 4. The van der Waals surface area contributed by atoms with Crippen molar-refractivity contribution < 1.29 is 19.2 Å². The summed E-state index contributed by atoms with van der Waals surface area (Å²) in [4.78, 5) is 60.3. The molecule has 2 heterocycles. The van der Waals surface area contributed by atoms with Gasteiger partial charge in [-0.15, -0.1) is 11.3 Å². The van der Waals surface area contributed by atoms with Crippen LogP contribution in [0, 0.1) is 0 Å². The minimum atomic E-state index is -0.855. The van der Waals surface area contributed by atoms with E-state index in [2.05, 4.69) is 20.6 Å². The number of aliphatic imine (C=N–C) groups is 1. The molecule has 2 aromatic rings. The summed E-state index contributed by atoms with van der Waals surface area (Å²) < 4.78 is 0. The molecule has 3 rings (SSSR count). The van der Waals surface area contributed by atoms with Crippen LogP contribution >= 0.6 is 11.3 Å². The zero-order valence-corrected chi connectivity index (χ0v) is 20.2. The first-order chi connectivity index (χ1) is 16.8. The predicted molar refractivity (Wildman–Crippen MR) is 133 cm³/mol. The van der Waals surface area contributed by atoms with E-state index in [9.17, 15) is 19.2 Å². The van der Waals surface area contributed by atoms with Gasteiger partial charge < -0.3 is 27.0 Å². The van der Waals surface area contributed by atoms with Gasteiger partial charge in [-0.1, -0.05) is 18.2 Å². The van der Waals surface area contributed by atoms with E-state index in [1.165, 1.54) is 29.4 Å². The van der Waals surface area contributed by atoms with Crippen LogP contribution in [0.15, 0.2) is 40.8 Å². The Morgan fingerprint density at radius 1 is 1.29 bits per heavy atom. The van der Waals surface area contributed by atoms with E-state index < -0.39 is 18.0 Å². The topological polar surface area (TPSA) is 173 Å². The zero-order chi connectivity index (χ0) is 25.4. The van der Waals surface area contributed by atoms with Crippen molar-refractivity contribution in [2.45, 2.75) is 44.7 Å². The first-order valence-electron chi connectivity index (χ1n) is 11.2. The number of para-hydroxylation sites is 1. The first-order valence-corrected chi connectivity index (χ1v) is 12.1. The van der Waals surface area contributed by atoms with Crippen molar-refractivity contribution >= 4 is 46.5 Å². The van der Waals surface area contributed by atoms with Gasteiger partial charge in [-0.3, -0.25) is 24.2 Å². The van der Waals surface area contributed by atoms with Gasteiger partial charge in [-0.05, 0) is 37.3 Å². The van der Waals surface area contributed by atoms with Gasteiger partial charge in [0.15, 0.2) is 11.0 Å². The van der Waals surface area contributed by atoms with Crippen LogP contribution < -0.4 is 27.0 Å². The van der Waals surface area contributed by atoms with Crippen molar-refractivity contribution in [1.82, 2.24) is 15.6 Å². The monoisotopic (exact) mass is 499 g/mol.